The summed E-state index contributed by atoms with van der Waals surface area (Å²) in [4.78, 5) is 0. The fourth-order valence-corrected chi connectivity index (χ4v) is 1.30. The lowest BCUT2D eigenvalue weighted by molar-refractivity contribution is 0.195. The minimum Gasteiger partial charge on any atom is -0.385 e. The van der Waals surface area contributed by atoms with Gasteiger partial charge in [-0.3, -0.25) is 0 Å². The van der Waals surface area contributed by atoms with Crippen molar-refractivity contribution in [3.8, 4) is 0 Å². The van der Waals surface area contributed by atoms with Gasteiger partial charge in [0, 0.05) is 13.7 Å². The Morgan fingerprint density at radius 2 is 2.00 bits per heavy atom. The van der Waals surface area contributed by atoms with Crippen LogP contribution in [0.1, 0.15) is 17.5 Å². The number of rotatable bonds is 4. The number of ether oxygens (including phenoxy) is 1. The van der Waals surface area contributed by atoms with E-state index in [4.69, 9.17) is 4.74 Å². The Bertz CT molecular complexity index is 230. The summed E-state index contributed by atoms with van der Waals surface area (Å²) in [7, 11) is 1.75. The molecule has 0 aliphatic heterocycles. The van der Waals surface area contributed by atoms with Gasteiger partial charge in [0.2, 0.25) is 0 Å². The molecule has 0 unspecified atom stereocenters. The molecule has 0 fully saturated rings. The second-order valence-corrected chi connectivity index (χ2v) is 3.02. The lowest BCUT2D eigenvalue weighted by Gasteiger charge is -2.03. The van der Waals surface area contributed by atoms with E-state index in [0.717, 1.165) is 19.4 Å². The van der Waals surface area contributed by atoms with Crippen LogP contribution in [0.25, 0.3) is 0 Å². The maximum absolute atomic E-state index is 5.00. The molecule has 1 heteroatoms. The van der Waals surface area contributed by atoms with E-state index < -0.39 is 0 Å². The van der Waals surface area contributed by atoms with Crippen LogP contribution < -0.4 is 0 Å². The highest BCUT2D eigenvalue weighted by Gasteiger charge is 1.95. The molecule has 0 aromatic heterocycles. The van der Waals surface area contributed by atoms with E-state index in [1.807, 2.05) is 0 Å². The van der Waals surface area contributed by atoms with Crippen LogP contribution in [0.5, 0.6) is 0 Å². The normalized spacial score (nSPS) is 10.2. The third-order valence-corrected chi connectivity index (χ3v) is 2.06. The molecular formula is C11H16O. The van der Waals surface area contributed by atoms with Crippen LogP contribution in [0.2, 0.25) is 0 Å². The molecule has 0 saturated carbocycles. The number of aryl methyl sites for hydroxylation is 2. The van der Waals surface area contributed by atoms with Crippen molar-refractivity contribution in [2.45, 2.75) is 19.8 Å². The smallest absolute Gasteiger partial charge is 0.0465 e. The molecule has 0 radical (unpaired) electrons. The SMILES string of the molecule is COCCCc1ccccc1C. The highest BCUT2D eigenvalue weighted by Crippen LogP contribution is 2.08. The van der Waals surface area contributed by atoms with Gasteiger partial charge in [-0.1, -0.05) is 24.3 Å². The zero-order valence-electron chi connectivity index (χ0n) is 7.84. The summed E-state index contributed by atoms with van der Waals surface area (Å²) in [5.41, 5.74) is 2.82. The molecule has 0 aliphatic rings. The minimum absolute atomic E-state index is 0.855. The van der Waals surface area contributed by atoms with Gasteiger partial charge in [0.1, 0.15) is 0 Å². The van der Waals surface area contributed by atoms with Crippen molar-refractivity contribution in [2.75, 3.05) is 13.7 Å². The molecule has 1 rings (SSSR count). The molecule has 0 spiro atoms. The van der Waals surface area contributed by atoms with Gasteiger partial charge < -0.3 is 4.74 Å². The summed E-state index contributed by atoms with van der Waals surface area (Å²) in [6.45, 7) is 3.01. The molecule has 0 bridgehead atoms. The van der Waals surface area contributed by atoms with Crippen molar-refractivity contribution >= 4 is 0 Å². The van der Waals surface area contributed by atoms with Gasteiger partial charge in [0.15, 0.2) is 0 Å². The summed E-state index contributed by atoms with van der Waals surface area (Å²) in [5.74, 6) is 0. The largest absolute Gasteiger partial charge is 0.385 e. The van der Waals surface area contributed by atoms with Gasteiger partial charge in [-0.15, -0.1) is 0 Å². The monoisotopic (exact) mass is 164 g/mol. The first-order valence-electron chi connectivity index (χ1n) is 4.38. The Hall–Kier alpha value is -0.820. The average Bonchev–Trinajstić information content (AvgIpc) is 2.09. The lowest BCUT2D eigenvalue weighted by atomic mass is 10.0. The zero-order chi connectivity index (χ0) is 8.81. The fraction of sp³-hybridized carbons (Fsp3) is 0.455. The zero-order valence-corrected chi connectivity index (χ0v) is 7.84. The maximum Gasteiger partial charge on any atom is 0.0465 e. The van der Waals surface area contributed by atoms with Crippen molar-refractivity contribution in [1.29, 1.82) is 0 Å². The minimum atomic E-state index is 0.855. The summed E-state index contributed by atoms with van der Waals surface area (Å²) in [5, 5.41) is 0. The van der Waals surface area contributed by atoms with E-state index in [1.165, 1.54) is 11.1 Å². The molecule has 0 N–H and O–H groups in total. The molecule has 12 heavy (non-hydrogen) atoms. The first-order chi connectivity index (χ1) is 5.84. The van der Waals surface area contributed by atoms with Crippen molar-refractivity contribution in [2.24, 2.45) is 0 Å². The number of hydrogen-bond donors (Lipinski definition) is 0. The molecule has 1 aromatic rings. The summed E-state index contributed by atoms with van der Waals surface area (Å²) in [6, 6.07) is 8.51. The predicted octanol–water partition coefficient (Wildman–Crippen LogP) is 2.57. The van der Waals surface area contributed by atoms with Gasteiger partial charge in [0.05, 0.1) is 0 Å². The van der Waals surface area contributed by atoms with E-state index in [2.05, 4.69) is 31.2 Å². The van der Waals surface area contributed by atoms with Crippen molar-refractivity contribution < 1.29 is 4.74 Å². The first-order valence-corrected chi connectivity index (χ1v) is 4.38. The molecule has 0 atom stereocenters. The van der Waals surface area contributed by atoms with Gasteiger partial charge in [0.25, 0.3) is 0 Å². The molecule has 0 aliphatic carbocycles. The summed E-state index contributed by atoms with van der Waals surface area (Å²) >= 11 is 0. The topological polar surface area (TPSA) is 9.23 Å². The van der Waals surface area contributed by atoms with Crippen LogP contribution in [-0.4, -0.2) is 13.7 Å². The van der Waals surface area contributed by atoms with Crippen LogP contribution in [-0.2, 0) is 11.2 Å². The Labute approximate surface area is 74.4 Å². The molecule has 0 heterocycles. The van der Waals surface area contributed by atoms with Crippen molar-refractivity contribution in [1.82, 2.24) is 0 Å². The highest BCUT2D eigenvalue weighted by atomic mass is 16.5. The highest BCUT2D eigenvalue weighted by molar-refractivity contribution is 5.25. The third kappa shape index (κ3) is 2.67. The summed E-state index contributed by atoms with van der Waals surface area (Å²) in [6.07, 6.45) is 2.24. The Kier molecular flexibility index (Phi) is 3.81. The van der Waals surface area contributed by atoms with E-state index in [1.54, 1.807) is 7.11 Å². The maximum atomic E-state index is 5.00. The van der Waals surface area contributed by atoms with Crippen LogP contribution in [0.4, 0.5) is 0 Å². The summed E-state index contributed by atoms with van der Waals surface area (Å²) < 4.78 is 5.00. The number of hydrogen-bond acceptors (Lipinski definition) is 1. The van der Waals surface area contributed by atoms with Crippen LogP contribution in [0.15, 0.2) is 24.3 Å². The lowest BCUT2D eigenvalue weighted by Crippen LogP contribution is -1.94. The van der Waals surface area contributed by atoms with E-state index in [-0.39, 0.29) is 0 Å². The second kappa shape index (κ2) is 4.94. The molecular weight excluding hydrogens is 148 g/mol. The second-order valence-electron chi connectivity index (χ2n) is 3.02. The standard InChI is InChI=1S/C11H16O/c1-10-6-3-4-7-11(10)8-5-9-12-2/h3-4,6-7H,5,8-9H2,1-2H3. The predicted molar refractivity (Wildman–Crippen MR) is 51.4 cm³/mol. The Balaban J connectivity index is 2.46. The third-order valence-electron chi connectivity index (χ3n) is 2.06. The van der Waals surface area contributed by atoms with Gasteiger partial charge in [-0.25, -0.2) is 0 Å². The van der Waals surface area contributed by atoms with E-state index >= 15 is 0 Å². The van der Waals surface area contributed by atoms with Gasteiger partial charge in [-0.2, -0.15) is 0 Å². The average molecular weight is 164 g/mol. The van der Waals surface area contributed by atoms with E-state index in [0.29, 0.717) is 0 Å². The molecule has 0 amide bonds. The van der Waals surface area contributed by atoms with Gasteiger partial charge in [-0.05, 0) is 30.9 Å². The number of benzene rings is 1. The fourth-order valence-electron chi connectivity index (χ4n) is 1.30. The Morgan fingerprint density at radius 1 is 1.25 bits per heavy atom. The van der Waals surface area contributed by atoms with Crippen molar-refractivity contribution in [3.63, 3.8) is 0 Å². The molecule has 1 nitrogen and oxygen atoms in total. The Morgan fingerprint density at radius 3 is 2.67 bits per heavy atom. The van der Waals surface area contributed by atoms with Crippen LogP contribution in [0, 0.1) is 6.92 Å². The quantitative estimate of drug-likeness (QED) is 0.621. The molecule has 0 saturated heterocycles. The number of methoxy groups -OCH3 is 1. The van der Waals surface area contributed by atoms with Crippen molar-refractivity contribution in [3.05, 3.63) is 35.4 Å². The first kappa shape index (κ1) is 9.27. The van der Waals surface area contributed by atoms with Gasteiger partial charge >= 0.3 is 0 Å². The van der Waals surface area contributed by atoms with E-state index in [9.17, 15) is 0 Å². The van der Waals surface area contributed by atoms with Crippen LogP contribution >= 0.6 is 0 Å². The van der Waals surface area contributed by atoms with Crippen LogP contribution in [0.3, 0.4) is 0 Å². The molecule has 1 aromatic carbocycles. The molecule has 66 valence electrons.